The Morgan fingerprint density at radius 3 is 2.80 bits per heavy atom. The van der Waals surface area contributed by atoms with E-state index >= 15 is 0 Å². The van der Waals surface area contributed by atoms with Crippen LogP contribution in [0.3, 0.4) is 0 Å². The second-order valence-electron chi connectivity index (χ2n) is 3.47. The summed E-state index contributed by atoms with van der Waals surface area (Å²) in [4.78, 5) is 0. The number of nitrogens with zero attached hydrogens (tertiary/aromatic N) is 1. The van der Waals surface area contributed by atoms with E-state index in [-0.39, 0.29) is 12.4 Å². The molecule has 0 spiro atoms. The molecule has 3 nitrogen and oxygen atoms in total. The topological polar surface area (TPSA) is 38.1 Å². The summed E-state index contributed by atoms with van der Waals surface area (Å²) in [7, 11) is 0. The summed E-state index contributed by atoms with van der Waals surface area (Å²) in [6.07, 6.45) is 1.60. The standard InChI is InChI=1S/C11H10N2O.ClH/c1-2-9-6-12-7-10(9)5-8(1)11-3-4-14-13-11;/h1-5,12H,6-7H2;1H. The molecule has 78 valence electrons. The Morgan fingerprint density at radius 1 is 1.13 bits per heavy atom. The van der Waals surface area contributed by atoms with Gasteiger partial charge >= 0.3 is 0 Å². The molecular weight excluding hydrogens is 212 g/mol. The molecule has 4 heteroatoms. The molecule has 0 atom stereocenters. The van der Waals surface area contributed by atoms with Crippen molar-refractivity contribution in [3.63, 3.8) is 0 Å². The van der Waals surface area contributed by atoms with Gasteiger partial charge in [-0.15, -0.1) is 12.4 Å². The number of hydrogen-bond acceptors (Lipinski definition) is 3. The van der Waals surface area contributed by atoms with Gasteiger partial charge in [-0.25, -0.2) is 0 Å². The first-order chi connectivity index (χ1) is 6.93. The molecule has 2 heterocycles. The van der Waals surface area contributed by atoms with E-state index in [1.807, 2.05) is 6.07 Å². The molecular formula is C11H11ClN2O. The predicted molar refractivity (Wildman–Crippen MR) is 59.7 cm³/mol. The normalized spacial score (nSPS) is 13.3. The average Bonchev–Trinajstić information content (AvgIpc) is 2.88. The van der Waals surface area contributed by atoms with Crippen LogP contribution in [-0.4, -0.2) is 5.16 Å². The van der Waals surface area contributed by atoms with Crippen LogP contribution < -0.4 is 5.32 Å². The van der Waals surface area contributed by atoms with Gasteiger partial charge in [0.25, 0.3) is 0 Å². The Labute approximate surface area is 93.9 Å². The largest absolute Gasteiger partial charge is 0.364 e. The maximum Gasteiger partial charge on any atom is 0.124 e. The highest BCUT2D eigenvalue weighted by atomic mass is 35.5. The van der Waals surface area contributed by atoms with Gasteiger partial charge in [0, 0.05) is 24.7 Å². The number of fused-ring (bicyclic) bond motifs is 1. The summed E-state index contributed by atoms with van der Waals surface area (Å²) in [5.41, 5.74) is 4.78. The first-order valence-electron chi connectivity index (χ1n) is 4.67. The fourth-order valence-electron chi connectivity index (χ4n) is 1.82. The van der Waals surface area contributed by atoms with Crippen molar-refractivity contribution < 1.29 is 4.52 Å². The molecule has 15 heavy (non-hydrogen) atoms. The lowest BCUT2D eigenvalue weighted by Gasteiger charge is -2.00. The predicted octanol–water partition coefficient (Wildman–Crippen LogP) is 2.37. The molecule has 0 saturated carbocycles. The van der Waals surface area contributed by atoms with Crippen LogP contribution in [0.1, 0.15) is 11.1 Å². The van der Waals surface area contributed by atoms with Crippen molar-refractivity contribution >= 4 is 12.4 Å². The summed E-state index contributed by atoms with van der Waals surface area (Å²) < 4.78 is 4.82. The van der Waals surface area contributed by atoms with E-state index in [4.69, 9.17) is 4.52 Å². The first kappa shape index (κ1) is 10.2. The molecule has 2 aromatic rings. The van der Waals surface area contributed by atoms with Crippen molar-refractivity contribution in [1.82, 2.24) is 10.5 Å². The number of aromatic nitrogens is 1. The Hall–Kier alpha value is -1.32. The van der Waals surface area contributed by atoms with Crippen molar-refractivity contribution in [2.24, 2.45) is 0 Å². The van der Waals surface area contributed by atoms with Crippen molar-refractivity contribution in [3.8, 4) is 11.3 Å². The number of halogens is 1. The molecule has 3 rings (SSSR count). The lowest BCUT2D eigenvalue weighted by Crippen LogP contribution is -1.99. The van der Waals surface area contributed by atoms with E-state index in [2.05, 4.69) is 28.7 Å². The van der Waals surface area contributed by atoms with Crippen LogP contribution in [0.25, 0.3) is 11.3 Å². The number of nitrogens with one attached hydrogen (secondary N) is 1. The molecule has 1 N–H and O–H groups in total. The fourth-order valence-corrected chi connectivity index (χ4v) is 1.82. The number of benzene rings is 1. The third kappa shape index (κ3) is 1.76. The fraction of sp³-hybridized carbons (Fsp3) is 0.182. The monoisotopic (exact) mass is 222 g/mol. The Bertz CT molecular complexity index is 454. The van der Waals surface area contributed by atoms with E-state index in [1.165, 1.54) is 11.1 Å². The van der Waals surface area contributed by atoms with Gasteiger partial charge in [0.1, 0.15) is 12.0 Å². The van der Waals surface area contributed by atoms with Crippen molar-refractivity contribution in [2.75, 3.05) is 0 Å². The molecule has 0 radical (unpaired) electrons. The van der Waals surface area contributed by atoms with Crippen LogP contribution in [0, 0.1) is 0 Å². The van der Waals surface area contributed by atoms with Crippen LogP contribution in [0.2, 0.25) is 0 Å². The van der Waals surface area contributed by atoms with E-state index < -0.39 is 0 Å². The van der Waals surface area contributed by atoms with Gasteiger partial charge in [-0.2, -0.15) is 0 Å². The summed E-state index contributed by atoms with van der Waals surface area (Å²) in [6, 6.07) is 8.29. The van der Waals surface area contributed by atoms with Crippen molar-refractivity contribution in [2.45, 2.75) is 13.1 Å². The molecule has 1 aromatic heterocycles. The highest BCUT2D eigenvalue weighted by Gasteiger charge is 2.11. The minimum Gasteiger partial charge on any atom is -0.364 e. The van der Waals surface area contributed by atoms with Crippen molar-refractivity contribution in [3.05, 3.63) is 41.7 Å². The Morgan fingerprint density at radius 2 is 2.00 bits per heavy atom. The van der Waals surface area contributed by atoms with E-state index in [1.54, 1.807) is 6.26 Å². The van der Waals surface area contributed by atoms with Crippen LogP contribution in [0.15, 0.2) is 35.1 Å². The number of hydrogen-bond donors (Lipinski definition) is 1. The molecule has 0 amide bonds. The molecule has 0 saturated heterocycles. The minimum atomic E-state index is 0. The van der Waals surface area contributed by atoms with E-state index in [0.717, 1.165) is 24.3 Å². The highest BCUT2D eigenvalue weighted by Crippen LogP contribution is 2.23. The first-order valence-corrected chi connectivity index (χ1v) is 4.67. The van der Waals surface area contributed by atoms with Gasteiger partial charge in [-0.1, -0.05) is 17.3 Å². The van der Waals surface area contributed by atoms with Gasteiger partial charge in [-0.3, -0.25) is 0 Å². The minimum absolute atomic E-state index is 0. The van der Waals surface area contributed by atoms with Gasteiger partial charge in [0.2, 0.25) is 0 Å². The van der Waals surface area contributed by atoms with Crippen LogP contribution in [0.4, 0.5) is 0 Å². The van der Waals surface area contributed by atoms with Crippen molar-refractivity contribution in [1.29, 1.82) is 0 Å². The molecule has 1 aliphatic rings. The van der Waals surface area contributed by atoms with Crippen LogP contribution in [-0.2, 0) is 13.1 Å². The third-order valence-electron chi connectivity index (χ3n) is 2.57. The summed E-state index contributed by atoms with van der Waals surface area (Å²) in [5.74, 6) is 0. The smallest absolute Gasteiger partial charge is 0.124 e. The SMILES string of the molecule is Cl.c1cc(-c2ccc3c(c2)CNC3)no1. The maximum absolute atomic E-state index is 4.82. The van der Waals surface area contributed by atoms with E-state index in [9.17, 15) is 0 Å². The third-order valence-corrected chi connectivity index (χ3v) is 2.57. The zero-order chi connectivity index (χ0) is 9.38. The summed E-state index contributed by atoms with van der Waals surface area (Å²) in [5, 5.41) is 7.23. The van der Waals surface area contributed by atoms with Crippen LogP contribution >= 0.6 is 12.4 Å². The molecule has 1 aliphatic heterocycles. The Kier molecular flexibility index (Phi) is 2.75. The summed E-state index contributed by atoms with van der Waals surface area (Å²) >= 11 is 0. The van der Waals surface area contributed by atoms with Gasteiger partial charge in [0.05, 0.1) is 0 Å². The zero-order valence-corrected chi connectivity index (χ0v) is 8.88. The number of rotatable bonds is 1. The average molecular weight is 223 g/mol. The van der Waals surface area contributed by atoms with Gasteiger partial charge in [-0.05, 0) is 17.2 Å². The molecule has 0 aliphatic carbocycles. The highest BCUT2D eigenvalue weighted by molar-refractivity contribution is 5.85. The Balaban J connectivity index is 0.000000853. The molecule has 0 bridgehead atoms. The zero-order valence-electron chi connectivity index (χ0n) is 8.06. The second kappa shape index (κ2) is 4.04. The van der Waals surface area contributed by atoms with E-state index in [0.29, 0.717) is 0 Å². The second-order valence-corrected chi connectivity index (χ2v) is 3.47. The summed E-state index contributed by atoms with van der Waals surface area (Å²) in [6.45, 7) is 1.94. The molecule has 0 unspecified atom stereocenters. The lowest BCUT2D eigenvalue weighted by molar-refractivity contribution is 0.422. The van der Waals surface area contributed by atoms with Crippen LogP contribution in [0.5, 0.6) is 0 Å². The van der Waals surface area contributed by atoms with Gasteiger partial charge < -0.3 is 9.84 Å². The molecule has 0 fully saturated rings. The lowest BCUT2D eigenvalue weighted by atomic mass is 10.0. The molecule has 1 aromatic carbocycles. The van der Waals surface area contributed by atoms with Gasteiger partial charge in [0.15, 0.2) is 0 Å². The maximum atomic E-state index is 4.82. The quantitative estimate of drug-likeness (QED) is 0.805.